The zero-order valence-electron chi connectivity index (χ0n) is 6.58. The molecule has 0 fully saturated rings. The number of thiol groups is 1. The van der Waals surface area contributed by atoms with Crippen molar-refractivity contribution in [2.45, 2.75) is 0 Å². The molecule has 0 unspecified atom stereocenters. The maximum absolute atomic E-state index is 12.9. The molecule has 1 aromatic heterocycles. The van der Waals surface area contributed by atoms with Gasteiger partial charge in [-0.15, -0.1) is 0 Å². The lowest BCUT2D eigenvalue weighted by Gasteiger charge is -1.92. The molecule has 0 bridgehead atoms. The van der Waals surface area contributed by atoms with Crippen LogP contribution in [-0.2, 0) is 0 Å². The highest BCUT2D eigenvalue weighted by Crippen LogP contribution is 2.04. The molecule has 0 aliphatic heterocycles. The Morgan fingerprint density at radius 3 is 2.92 bits per heavy atom. The van der Waals surface area contributed by atoms with E-state index in [4.69, 9.17) is 5.26 Å². The number of halogens is 1. The van der Waals surface area contributed by atoms with Crippen molar-refractivity contribution in [1.29, 1.82) is 5.26 Å². The van der Waals surface area contributed by atoms with E-state index in [1.54, 1.807) is 6.07 Å². The summed E-state index contributed by atoms with van der Waals surface area (Å²) in [5.74, 6) is 5.06. The van der Waals surface area contributed by atoms with Crippen molar-refractivity contribution >= 4 is 12.6 Å². The molecule has 0 atom stereocenters. The van der Waals surface area contributed by atoms with Crippen molar-refractivity contribution in [3.63, 3.8) is 0 Å². The van der Waals surface area contributed by atoms with Gasteiger partial charge in [-0.05, 0) is 6.07 Å². The van der Waals surface area contributed by atoms with Crippen LogP contribution in [0.2, 0.25) is 0 Å². The number of hydrogen-bond acceptors (Lipinski definition) is 3. The summed E-state index contributed by atoms with van der Waals surface area (Å²) in [5.41, 5.74) is 0.238. The van der Waals surface area contributed by atoms with Crippen LogP contribution >= 0.6 is 12.6 Å². The number of rotatable bonds is 0. The van der Waals surface area contributed by atoms with Gasteiger partial charge in [-0.2, -0.15) is 17.9 Å². The third kappa shape index (κ3) is 2.47. The number of nitriles is 1. The van der Waals surface area contributed by atoms with E-state index in [9.17, 15) is 4.39 Å². The molecule has 0 saturated heterocycles. The highest BCUT2D eigenvalue weighted by Gasteiger charge is 2.01. The summed E-state index contributed by atoms with van der Waals surface area (Å²) in [6.07, 6.45) is 1.36. The van der Waals surface area contributed by atoms with Crippen molar-refractivity contribution in [2.75, 3.05) is 5.75 Å². The Hall–Kier alpha value is -1.52. The third-order valence-electron chi connectivity index (χ3n) is 1.26. The number of nitrogens with zero attached hydrogens (tertiary/aromatic N) is 2. The third-order valence-corrected chi connectivity index (χ3v) is 1.42. The smallest absolute Gasteiger partial charge is 0.176 e. The van der Waals surface area contributed by atoms with Gasteiger partial charge in [0, 0.05) is 11.8 Å². The highest BCUT2D eigenvalue weighted by atomic mass is 32.1. The van der Waals surface area contributed by atoms with E-state index >= 15 is 0 Å². The Morgan fingerprint density at radius 2 is 2.38 bits per heavy atom. The molecule has 4 heteroatoms. The number of pyridine rings is 1. The van der Waals surface area contributed by atoms with E-state index < -0.39 is 5.82 Å². The van der Waals surface area contributed by atoms with Crippen LogP contribution in [0.4, 0.5) is 4.39 Å². The summed E-state index contributed by atoms with van der Waals surface area (Å²) in [4.78, 5) is 3.59. The van der Waals surface area contributed by atoms with Gasteiger partial charge >= 0.3 is 0 Å². The van der Waals surface area contributed by atoms with Gasteiger partial charge in [0.15, 0.2) is 11.5 Å². The standard InChI is InChI=1S/C9H5FN2S/c10-8-4-7(2-1-3-13)6-12-9(8)5-11/h4,6,13H,3H2. The predicted octanol–water partition coefficient (Wildman–Crippen LogP) is 1.37. The van der Waals surface area contributed by atoms with Gasteiger partial charge in [0.05, 0.1) is 5.75 Å². The fraction of sp³-hybridized carbons (Fsp3) is 0.111. The second kappa shape index (κ2) is 4.49. The minimum atomic E-state index is -0.645. The van der Waals surface area contributed by atoms with Crippen molar-refractivity contribution in [3.05, 3.63) is 29.3 Å². The lowest BCUT2D eigenvalue weighted by molar-refractivity contribution is 0.616. The Kier molecular flexibility index (Phi) is 3.31. The average Bonchev–Trinajstić information content (AvgIpc) is 2.15. The molecule has 1 aromatic rings. The largest absolute Gasteiger partial charge is 0.241 e. The van der Waals surface area contributed by atoms with Gasteiger partial charge < -0.3 is 0 Å². The van der Waals surface area contributed by atoms with Crippen LogP contribution < -0.4 is 0 Å². The maximum atomic E-state index is 12.9. The van der Waals surface area contributed by atoms with E-state index in [1.807, 2.05) is 0 Å². The van der Waals surface area contributed by atoms with Crippen molar-refractivity contribution in [3.8, 4) is 17.9 Å². The van der Waals surface area contributed by atoms with Gasteiger partial charge in [0.2, 0.25) is 0 Å². The summed E-state index contributed by atoms with van der Waals surface area (Å²) >= 11 is 3.88. The zero-order chi connectivity index (χ0) is 9.68. The molecule has 0 spiro atoms. The molecule has 0 aromatic carbocycles. The first-order valence-corrected chi connectivity index (χ1v) is 4.06. The number of aromatic nitrogens is 1. The van der Waals surface area contributed by atoms with Gasteiger partial charge in [0.25, 0.3) is 0 Å². The molecule has 1 heterocycles. The van der Waals surface area contributed by atoms with Crippen molar-refractivity contribution < 1.29 is 4.39 Å². The number of hydrogen-bond donors (Lipinski definition) is 1. The molecule has 0 saturated carbocycles. The molecule has 0 amide bonds. The molecule has 1 rings (SSSR count). The molecular formula is C9H5FN2S. The van der Waals surface area contributed by atoms with E-state index in [0.717, 1.165) is 0 Å². The van der Waals surface area contributed by atoms with Crippen LogP contribution in [0, 0.1) is 29.0 Å². The van der Waals surface area contributed by atoms with E-state index in [-0.39, 0.29) is 5.69 Å². The van der Waals surface area contributed by atoms with Crippen LogP contribution in [0.5, 0.6) is 0 Å². The Morgan fingerprint density at radius 1 is 1.62 bits per heavy atom. The summed E-state index contributed by atoms with van der Waals surface area (Å²) < 4.78 is 12.9. The fourth-order valence-corrected chi connectivity index (χ4v) is 0.809. The summed E-state index contributed by atoms with van der Waals surface area (Å²) in [6.45, 7) is 0. The first-order chi connectivity index (χ1) is 6.27. The average molecular weight is 192 g/mol. The minimum absolute atomic E-state index is 0.212. The molecule has 13 heavy (non-hydrogen) atoms. The quantitative estimate of drug-likeness (QED) is 0.498. The SMILES string of the molecule is N#Cc1ncc(C#CCS)cc1F. The van der Waals surface area contributed by atoms with Gasteiger partial charge in [-0.3, -0.25) is 0 Å². The highest BCUT2D eigenvalue weighted by molar-refractivity contribution is 7.80. The topological polar surface area (TPSA) is 36.7 Å². The maximum Gasteiger partial charge on any atom is 0.176 e. The molecule has 64 valence electrons. The first-order valence-electron chi connectivity index (χ1n) is 3.43. The van der Waals surface area contributed by atoms with Gasteiger partial charge in [-0.1, -0.05) is 11.8 Å². The normalized spacial score (nSPS) is 8.38. The van der Waals surface area contributed by atoms with Crippen molar-refractivity contribution in [2.24, 2.45) is 0 Å². The first kappa shape index (κ1) is 9.57. The lowest BCUT2D eigenvalue weighted by atomic mass is 10.2. The van der Waals surface area contributed by atoms with Crippen LogP contribution in [0.25, 0.3) is 0 Å². The van der Waals surface area contributed by atoms with Crippen LogP contribution in [-0.4, -0.2) is 10.7 Å². The molecule has 2 nitrogen and oxygen atoms in total. The monoisotopic (exact) mass is 192 g/mol. The van der Waals surface area contributed by atoms with Crippen LogP contribution in [0.3, 0.4) is 0 Å². The van der Waals surface area contributed by atoms with Gasteiger partial charge in [-0.25, -0.2) is 9.37 Å². The van der Waals surface area contributed by atoms with Crippen LogP contribution in [0.15, 0.2) is 12.3 Å². The van der Waals surface area contributed by atoms with E-state index in [2.05, 4.69) is 29.5 Å². The predicted molar refractivity (Wildman–Crippen MR) is 49.6 cm³/mol. The van der Waals surface area contributed by atoms with Crippen molar-refractivity contribution in [1.82, 2.24) is 4.98 Å². The molecule has 0 aliphatic carbocycles. The molecule has 0 radical (unpaired) electrons. The summed E-state index contributed by atoms with van der Waals surface area (Å²) in [6, 6.07) is 2.81. The molecule has 0 N–H and O–H groups in total. The Bertz CT molecular complexity index is 412. The minimum Gasteiger partial charge on any atom is -0.241 e. The fourth-order valence-electron chi connectivity index (χ4n) is 0.730. The molecular weight excluding hydrogens is 187 g/mol. The van der Waals surface area contributed by atoms with E-state index in [1.165, 1.54) is 12.3 Å². The van der Waals surface area contributed by atoms with Crippen LogP contribution in [0.1, 0.15) is 11.3 Å². The molecule has 0 aliphatic rings. The van der Waals surface area contributed by atoms with Gasteiger partial charge in [0.1, 0.15) is 6.07 Å². The van der Waals surface area contributed by atoms with E-state index in [0.29, 0.717) is 11.3 Å². The summed E-state index contributed by atoms with van der Waals surface area (Å²) in [5, 5.41) is 8.38. The lowest BCUT2D eigenvalue weighted by Crippen LogP contribution is -1.90. The Labute approximate surface area is 80.8 Å². The Balaban J connectivity index is 3.04. The zero-order valence-corrected chi connectivity index (χ0v) is 7.48. The second-order valence-electron chi connectivity index (χ2n) is 2.13. The summed E-state index contributed by atoms with van der Waals surface area (Å²) in [7, 11) is 0. The second-order valence-corrected chi connectivity index (χ2v) is 2.44.